The minimum atomic E-state index is -0.488. The van der Waals surface area contributed by atoms with Gasteiger partial charge in [-0.2, -0.15) is 0 Å². The SMILES string of the molecule is CC(C)(C1CCC(O)CC1O)C1CCC(O)CC1O. The van der Waals surface area contributed by atoms with E-state index in [2.05, 4.69) is 13.8 Å². The summed E-state index contributed by atoms with van der Waals surface area (Å²) in [6.45, 7) is 4.23. The van der Waals surface area contributed by atoms with E-state index < -0.39 is 12.2 Å². The van der Waals surface area contributed by atoms with Gasteiger partial charge in [-0.1, -0.05) is 13.8 Å². The van der Waals surface area contributed by atoms with E-state index in [1.165, 1.54) is 0 Å². The van der Waals surface area contributed by atoms with Crippen molar-refractivity contribution in [3.63, 3.8) is 0 Å². The van der Waals surface area contributed by atoms with Crippen LogP contribution >= 0.6 is 0 Å². The van der Waals surface area contributed by atoms with Crippen molar-refractivity contribution < 1.29 is 20.4 Å². The molecule has 2 aliphatic rings. The Bertz CT molecular complexity index is 277. The first kappa shape index (κ1) is 15.2. The Morgan fingerprint density at radius 2 is 1.05 bits per heavy atom. The lowest BCUT2D eigenvalue weighted by atomic mass is 9.59. The number of aliphatic hydroxyl groups is 4. The van der Waals surface area contributed by atoms with Crippen LogP contribution in [0.4, 0.5) is 0 Å². The van der Waals surface area contributed by atoms with Crippen LogP contribution in [-0.4, -0.2) is 44.8 Å². The molecule has 0 aromatic carbocycles. The molecule has 6 unspecified atom stereocenters. The summed E-state index contributed by atoms with van der Waals surface area (Å²) < 4.78 is 0. The van der Waals surface area contributed by atoms with Gasteiger partial charge >= 0.3 is 0 Å². The van der Waals surface area contributed by atoms with Crippen LogP contribution in [0, 0.1) is 17.3 Å². The van der Waals surface area contributed by atoms with Crippen molar-refractivity contribution in [2.24, 2.45) is 17.3 Å². The molecule has 19 heavy (non-hydrogen) atoms. The van der Waals surface area contributed by atoms with E-state index in [4.69, 9.17) is 0 Å². The van der Waals surface area contributed by atoms with Gasteiger partial charge in [0.25, 0.3) is 0 Å². The van der Waals surface area contributed by atoms with Gasteiger partial charge in [0.1, 0.15) is 0 Å². The van der Waals surface area contributed by atoms with E-state index in [1.54, 1.807) is 0 Å². The fraction of sp³-hybridized carbons (Fsp3) is 1.00. The van der Waals surface area contributed by atoms with Crippen molar-refractivity contribution in [2.75, 3.05) is 0 Å². The highest BCUT2D eigenvalue weighted by Crippen LogP contribution is 2.48. The van der Waals surface area contributed by atoms with Crippen LogP contribution in [0.25, 0.3) is 0 Å². The molecule has 0 heterocycles. The zero-order valence-electron chi connectivity index (χ0n) is 12.0. The summed E-state index contributed by atoms with van der Waals surface area (Å²) in [4.78, 5) is 0. The summed E-state index contributed by atoms with van der Waals surface area (Å²) in [7, 11) is 0. The van der Waals surface area contributed by atoms with Gasteiger partial charge in [0.15, 0.2) is 0 Å². The molecule has 0 aliphatic heterocycles. The molecule has 0 amide bonds. The number of aliphatic hydroxyl groups excluding tert-OH is 4. The van der Waals surface area contributed by atoms with Gasteiger partial charge in [-0.25, -0.2) is 0 Å². The van der Waals surface area contributed by atoms with Gasteiger partial charge in [0, 0.05) is 0 Å². The summed E-state index contributed by atoms with van der Waals surface area (Å²) in [6.07, 6.45) is 2.21. The maximum absolute atomic E-state index is 10.3. The molecule has 2 saturated carbocycles. The van der Waals surface area contributed by atoms with E-state index in [9.17, 15) is 20.4 Å². The molecule has 0 aromatic rings. The van der Waals surface area contributed by atoms with Crippen molar-refractivity contribution in [1.29, 1.82) is 0 Å². The van der Waals surface area contributed by atoms with Crippen LogP contribution < -0.4 is 0 Å². The van der Waals surface area contributed by atoms with E-state index in [-0.39, 0.29) is 29.5 Å². The summed E-state index contributed by atoms with van der Waals surface area (Å²) in [6, 6.07) is 0. The molecule has 2 fully saturated rings. The number of hydrogen-bond donors (Lipinski definition) is 4. The van der Waals surface area contributed by atoms with Gasteiger partial charge in [-0.05, 0) is 55.8 Å². The summed E-state index contributed by atoms with van der Waals surface area (Å²) >= 11 is 0. The fourth-order valence-corrected chi connectivity index (χ4v) is 4.26. The Labute approximate surface area is 115 Å². The number of rotatable bonds is 2. The quantitative estimate of drug-likeness (QED) is 0.606. The van der Waals surface area contributed by atoms with Gasteiger partial charge in [0.05, 0.1) is 24.4 Å². The van der Waals surface area contributed by atoms with Gasteiger partial charge in [-0.15, -0.1) is 0 Å². The van der Waals surface area contributed by atoms with Crippen molar-refractivity contribution in [3.8, 4) is 0 Å². The maximum Gasteiger partial charge on any atom is 0.0598 e. The lowest BCUT2D eigenvalue weighted by Gasteiger charge is -2.49. The molecule has 4 N–H and O–H groups in total. The third-order valence-corrected chi connectivity index (χ3v) is 5.49. The van der Waals surface area contributed by atoms with Crippen LogP contribution in [0.1, 0.15) is 52.4 Å². The highest BCUT2D eigenvalue weighted by atomic mass is 16.3. The first-order chi connectivity index (χ1) is 8.82. The topological polar surface area (TPSA) is 80.9 Å². The molecule has 2 rings (SSSR count). The van der Waals surface area contributed by atoms with E-state index in [0.29, 0.717) is 12.8 Å². The molecule has 4 nitrogen and oxygen atoms in total. The second-order valence-electron chi connectivity index (χ2n) is 7.10. The number of hydrogen-bond acceptors (Lipinski definition) is 4. The Morgan fingerprint density at radius 1 is 0.684 bits per heavy atom. The smallest absolute Gasteiger partial charge is 0.0598 e. The molecule has 112 valence electrons. The van der Waals surface area contributed by atoms with Crippen LogP contribution in [0.15, 0.2) is 0 Å². The molecule has 0 spiro atoms. The molecular formula is C15H28O4. The molecule has 0 bridgehead atoms. The lowest BCUT2D eigenvalue weighted by Crippen LogP contribution is -2.49. The molecular weight excluding hydrogens is 244 g/mol. The average Bonchev–Trinajstić information content (AvgIpc) is 2.27. The molecule has 0 radical (unpaired) electrons. The van der Waals surface area contributed by atoms with Gasteiger partial charge in [-0.3, -0.25) is 0 Å². The molecule has 0 aromatic heterocycles. The highest BCUT2D eigenvalue weighted by molar-refractivity contribution is 4.96. The van der Waals surface area contributed by atoms with Crippen LogP contribution in [0.3, 0.4) is 0 Å². The summed E-state index contributed by atoms with van der Waals surface area (Å²) in [5, 5.41) is 39.7. The zero-order chi connectivity index (χ0) is 14.2. The molecule has 2 aliphatic carbocycles. The lowest BCUT2D eigenvalue weighted by molar-refractivity contribution is -0.106. The highest BCUT2D eigenvalue weighted by Gasteiger charge is 2.46. The maximum atomic E-state index is 10.3. The third-order valence-electron chi connectivity index (χ3n) is 5.49. The fourth-order valence-electron chi connectivity index (χ4n) is 4.26. The van der Waals surface area contributed by atoms with Crippen LogP contribution in [-0.2, 0) is 0 Å². The van der Waals surface area contributed by atoms with Gasteiger partial charge < -0.3 is 20.4 Å². The zero-order valence-corrected chi connectivity index (χ0v) is 12.0. The van der Waals surface area contributed by atoms with Gasteiger partial charge in [0.2, 0.25) is 0 Å². The van der Waals surface area contributed by atoms with E-state index in [1.807, 2.05) is 0 Å². The third kappa shape index (κ3) is 3.13. The molecule has 4 heteroatoms. The first-order valence-corrected chi connectivity index (χ1v) is 7.54. The van der Waals surface area contributed by atoms with Crippen LogP contribution in [0.5, 0.6) is 0 Å². The normalized spacial score (nSPS) is 45.2. The second-order valence-corrected chi connectivity index (χ2v) is 7.10. The Kier molecular flexibility index (Phi) is 4.56. The largest absolute Gasteiger partial charge is 0.393 e. The second kappa shape index (κ2) is 5.68. The minimum Gasteiger partial charge on any atom is -0.393 e. The van der Waals surface area contributed by atoms with Crippen LogP contribution in [0.2, 0.25) is 0 Å². The predicted molar refractivity (Wildman–Crippen MR) is 72.5 cm³/mol. The predicted octanol–water partition coefficient (Wildman–Crippen LogP) is 1.06. The Balaban J connectivity index is 2.08. The average molecular weight is 272 g/mol. The van der Waals surface area contributed by atoms with Crippen molar-refractivity contribution in [3.05, 3.63) is 0 Å². The first-order valence-electron chi connectivity index (χ1n) is 7.54. The standard InChI is InChI=1S/C15H28O4/c1-15(2,11-5-3-9(16)7-13(11)18)12-6-4-10(17)8-14(12)19/h9-14,16-19H,3-8H2,1-2H3. The van der Waals surface area contributed by atoms with Crippen molar-refractivity contribution in [1.82, 2.24) is 0 Å². The molecule has 0 saturated heterocycles. The van der Waals surface area contributed by atoms with Crippen molar-refractivity contribution >= 4 is 0 Å². The monoisotopic (exact) mass is 272 g/mol. The summed E-state index contributed by atoms with van der Waals surface area (Å²) in [5.41, 5.74) is -0.168. The Morgan fingerprint density at radius 3 is 1.37 bits per heavy atom. The molecule has 6 atom stereocenters. The van der Waals surface area contributed by atoms with Crippen molar-refractivity contribution in [2.45, 2.75) is 76.8 Å². The Hall–Kier alpha value is -0.160. The minimum absolute atomic E-state index is 0.116. The van der Waals surface area contributed by atoms with E-state index in [0.717, 1.165) is 25.7 Å². The summed E-state index contributed by atoms with van der Waals surface area (Å²) in [5.74, 6) is 0.233. The van der Waals surface area contributed by atoms with E-state index >= 15 is 0 Å².